The van der Waals surface area contributed by atoms with Crippen molar-refractivity contribution in [2.45, 2.75) is 44.9 Å². The van der Waals surface area contributed by atoms with E-state index in [0.29, 0.717) is 12.8 Å². The predicted molar refractivity (Wildman–Crippen MR) is 156 cm³/mol. The van der Waals surface area contributed by atoms with Crippen LogP contribution in [0.15, 0.2) is 104 Å². The number of hydrogen-bond donors (Lipinski definition) is 3. The molecule has 0 aliphatic heterocycles. The average molecular weight is 505 g/mol. The summed E-state index contributed by atoms with van der Waals surface area (Å²) >= 11 is 0. The number of aryl methyl sites for hydroxylation is 1. The Labute approximate surface area is 226 Å². The van der Waals surface area contributed by atoms with E-state index < -0.39 is 0 Å². The Hall–Kier alpha value is -4.24. The fraction of sp³-hybridized carbons (Fsp3) is 0.200. The molecule has 3 nitrogen and oxygen atoms in total. The first-order valence-electron chi connectivity index (χ1n) is 12.9. The van der Waals surface area contributed by atoms with Crippen molar-refractivity contribution in [3.05, 3.63) is 149 Å². The van der Waals surface area contributed by atoms with E-state index in [1.54, 1.807) is 30.4 Å². The van der Waals surface area contributed by atoms with Gasteiger partial charge in [0.05, 0.1) is 0 Å². The molecule has 0 aliphatic rings. The molecule has 0 amide bonds. The van der Waals surface area contributed by atoms with Crippen LogP contribution in [0.1, 0.15) is 64.3 Å². The van der Waals surface area contributed by atoms with E-state index in [9.17, 15) is 15.3 Å². The zero-order valence-electron chi connectivity index (χ0n) is 22.4. The van der Waals surface area contributed by atoms with Crippen molar-refractivity contribution in [2.75, 3.05) is 0 Å². The fourth-order valence-corrected chi connectivity index (χ4v) is 5.09. The average Bonchev–Trinajstić information content (AvgIpc) is 2.90. The van der Waals surface area contributed by atoms with Gasteiger partial charge in [-0.05, 0) is 82.5 Å². The van der Waals surface area contributed by atoms with E-state index in [2.05, 4.69) is 57.3 Å². The van der Waals surface area contributed by atoms with E-state index in [-0.39, 0.29) is 28.6 Å². The molecule has 0 saturated heterocycles. The maximum Gasteiger partial charge on any atom is 0.119 e. The van der Waals surface area contributed by atoms with E-state index in [0.717, 1.165) is 44.5 Å². The Morgan fingerprint density at radius 2 is 1.11 bits per heavy atom. The molecule has 0 heterocycles. The lowest BCUT2D eigenvalue weighted by molar-refractivity contribution is 0.468. The highest BCUT2D eigenvalue weighted by Crippen LogP contribution is 2.39. The van der Waals surface area contributed by atoms with Crippen LogP contribution in [0.25, 0.3) is 0 Å². The molecular formula is C35H36O3. The number of allylic oxidation sites excluding steroid dienone is 2. The fourth-order valence-electron chi connectivity index (χ4n) is 5.09. The topological polar surface area (TPSA) is 60.7 Å². The van der Waals surface area contributed by atoms with E-state index in [4.69, 9.17) is 0 Å². The Morgan fingerprint density at radius 1 is 0.632 bits per heavy atom. The summed E-state index contributed by atoms with van der Waals surface area (Å²) < 4.78 is 0. The summed E-state index contributed by atoms with van der Waals surface area (Å²) in [4.78, 5) is 0. The zero-order valence-corrected chi connectivity index (χ0v) is 22.4. The van der Waals surface area contributed by atoms with Gasteiger partial charge in [-0.15, -0.1) is 13.2 Å². The second-order valence-electron chi connectivity index (χ2n) is 10.4. The lowest BCUT2D eigenvalue weighted by Crippen LogP contribution is -2.19. The lowest BCUT2D eigenvalue weighted by Gasteiger charge is -2.28. The van der Waals surface area contributed by atoms with Gasteiger partial charge in [0.15, 0.2) is 0 Å². The number of phenolic OH excluding ortho intramolecular Hbond substituents is 3. The summed E-state index contributed by atoms with van der Waals surface area (Å²) in [6.45, 7) is 13.9. The predicted octanol–water partition coefficient (Wildman–Crippen LogP) is 8.07. The van der Waals surface area contributed by atoms with Gasteiger partial charge in [0.2, 0.25) is 0 Å². The van der Waals surface area contributed by atoms with Gasteiger partial charge in [-0.1, -0.05) is 86.7 Å². The minimum Gasteiger partial charge on any atom is -0.508 e. The molecule has 0 bridgehead atoms. The van der Waals surface area contributed by atoms with Gasteiger partial charge in [-0.25, -0.2) is 0 Å². The molecule has 1 atom stereocenters. The minimum atomic E-state index is -0.275. The third kappa shape index (κ3) is 5.38. The second-order valence-corrected chi connectivity index (χ2v) is 10.4. The molecule has 4 rings (SSSR count). The van der Waals surface area contributed by atoms with Gasteiger partial charge in [0.25, 0.3) is 0 Å². The number of phenols is 3. The SMILES string of the molecule is C=CCc1cc(C(c2ccc(C(C)(C)c3ccc(O)c(CC=C)c3)cc2)c2ccc(O)c(C)c2)ccc1O. The standard InChI is InChI=1S/C35H36O3/c1-6-8-25-21-28(13-18-32(25)37)34(27-12-17-31(36)23(3)20-27)24-10-14-29(15-11-24)35(4,5)30-16-19-33(38)26(22-30)9-7-2/h6-7,10-22,34,36-38H,1-2,8-9H2,3-5H3. The molecule has 0 aliphatic carbocycles. The van der Waals surface area contributed by atoms with Crippen LogP contribution in [0.2, 0.25) is 0 Å². The molecule has 4 aromatic rings. The highest BCUT2D eigenvalue weighted by molar-refractivity contribution is 5.51. The van der Waals surface area contributed by atoms with Crippen molar-refractivity contribution in [1.29, 1.82) is 0 Å². The zero-order chi connectivity index (χ0) is 27.4. The van der Waals surface area contributed by atoms with Gasteiger partial charge < -0.3 is 15.3 Å². The monoisotopic (exact) mass is 504 g/mol. The number of rotatable bonds is 9. The van der Waals surface area contributed by atoms with Gasteiger partial charge >= 0.3 is 0 Å². The largest absolute Gasteiger partial charge is 0.508 e. The van der Waals surface area contributed by atoms with Crippen LogP contribution in [0.5, 0.6) is 17.2 Å². The molecule has 0 radical (unpaired) electrons. The van der Waals surface area contributed by atoms with Crippen molar-refractivity contribution in [1.82, 2.24) is 0 Å². The molecule has 0 saturated carbocycles. The van der Waals surface area contributed by atoms with Gasteiger partial charge in [0, 0.05) is 11.3 Å². The van der Waals surface area contributed by atoms with E-state index >= 15 is 0 Å². The molecule has 194 valence electrons. The molecule has 1 unspecified atom stereocenters. The van der Waals surface area contributed by atoms with Gasteiger partial charge in [-0.3, -0.25) is 0 Å². The van der Waals surface area contributed by atoms with Gasteiger partial charge in [-0.2, -0.15) is 0 Å². The highest BCUT2D eigenvalue weighted by Gasteiger charge is 2.25. The molecule has 0 fully saturated rings. The maximum absolute atomic E-state index is 10.4. The van der Waals surface area contributed by atoms with Crippen LogP contribution >= 0.6 is 0 Å². The number of hydrogen-bond acceptors (Lipinski definition) is 3. The van der Waals surface area contributed by atoms with E-state index in [1.165, 1.54) is 0 Å². The molecule has 4 aromatic carbocycles. The first-order valence-corrected chi connectivity index (χ1v) is 12.9. The van der Waals surface area contributed by atoms with Crippen LogP contribution in [-0.2, 0) is 18.3 Å². The maximum atomic E-state index is 10.4. The number of benzene rings is 4. The van der Waals surface area contributed by atoms with E-state index in [1.807, 2.05) is 37.3 Å². The Bertz CT molecular complexity index is 1460. The molecule has 38 heavy (non-hydrogen) atoms. The van der Waals surface area contributed by atoms with Crippen LogP contribution < -0.4 is 0 Å². The Kier molecular flexibility index (Phi) is 7.78. The lowest BCUT2D eigenvalue weighted by atomic mass is 9.76. The normalized spacial score (nSPS) is 12.2. The van der Waals surface area contributed by atoms with Crippen molar-refractivity contribution in [2.24, 2.45) is 0 Å². The first-order chi connectivity index (χ1) is 18.1. The summed E-state index contributed by atoms with van der Waals surface area (Å²) in [6, 6.07) is 25.9. The van der Waals surface area contributed by atoms with Crippen LogP contribution in [0, 0.1) is 6.92 Å². The number of aromatic hydroxyl groups is 3. The smallest absolute Gasteiger partial charge is 0.119 e. The van der Waals surface area contributed by atoms with Crippen molar-refractivity contribution >= 4 is 0 Å². The molecule has 0 aromatic heterocycles. The minimum absolute atomic E-state index is 0.0801. The first kappa shape index (κ1) is 26.8. The molecule has 3 heteroatoms. The van der Waals surface area contributed by atoms with Crippen molar-refractivity contribution in [3.63, 3.8) is 0 Å². The van der Waals surface area contributed by atoms with Crippen LogP contribution in [-0.4, -0.2) is 15.3 Å². The summed E-state index contributed by atoms with van der Waals surface area (Å²) in [5, 5.41) is 30.8. The summed E-state index contributed by atoms with van der Waals surface area (Å²) in [5.74, 6) is 0.739. The van der Waals surface area contributed by atoms with Crippen LogP contribution in [0.4, 0.5) is 0 Å². The van der Waals surface area contributed by atoms with Crippen molar-refractivity contribution < 1.29 is 15.3 Å². The Balaban J connectivity index is 1.78. The summed E-state index contributed by atoms with van der Waals surface area (Å²) in [7, 11) is 0. The highest BCUT2D eigenvalue weighted by atomic mass is 16.3. The second kappa shape index (κ2) is 11.0. The molecular weight excluding hydrogens is 468 g/mol. The van der Waals surface area contributed by atoms with Gasteiger partial charge in [0.1, 0.15) is 17.2 Å². The third-order valence-electron chi connectivity index (χ3n) is 7.49. The van der Waals surface area contributed by atoms with Crippen LogP contribution in [0.3, 0.4) is 0 Å². The summed E-state index contributed by atoms with van der Waals surface area (Å²) in [5.41, 5.74) is 7.77. The molecule has 0 spiro atoms. The Morgan fingerprint density at radius 3 is 1.68 bits per heavy atom. The molecule has 3 N–H and O–H groups in total. The summed E-state index contributed by atoms with van der Waals surface area (Å²) in [6.07, 6.45) is 4.78. The third-order valence-corrected chi connectivity index (χ3v) is 7.49. The van der Waals surface area contributed by atoms with Crippen molar-refractivity contribution in [3.8, 4) is 17.2 Å². The quantitative estimate of drug-likeness (QED) is 0.159.